The van der Waals surface area contributed by atoms with Gasteiger partial charge in [-0.15, -0.1) is 0 Å². The second-order valence-corrected chi connectivity index (χ2v) is 11.9. The van der Waals surface area contributed by atoms with Gasteiger partial charge in [-0.2, -0.15) is 13.2 Å². The van der Waals surface area contributed by atoms with Crippen molar-refractivity contribution in [1.82, 2.24) is 4.90 Å². The van der Waals surface area contributed by atoms with Crippen LogP contribution in [0.5, 0.6) is 11.5 Å². The topological polar surface area (TPSA) is 224 Å². The van der Waals surface area contributed by atoms with Crippen LogP contribution in [-0.4, -0.2) is 111 Å². The maximum Gasteiger partial charge on any atom is 0.446 e. The van der Waals surface area contributed by atoms with E-state index in [1.54, 1.807) is 6.07 Å². The fourth-order valence-corrected chi connectivity index (χ4v) is 6.85. The van der Waals surface area contributed by atoms with Crippen LogP contribution in [-0.2, 0) is 54.8 Å². The molecule has 7 atom stereocenters. The molecule has 1 fully saturated rings. The van der Waals surface area contributed by atoms with Gasteiger partial charge in [0.1, 0.15) is 11.7 Å². The molecule has 0 unspecified atom stereocenters. The zero-order valence-corrected chi connectivity index (χ0v) is 25.7. The number of carboxylic acids is 2. The summed E-state index contributed by atoms with van der Waals surface area (Å²) in [6.07, 6.45) is -9.23. The minimum absolute atomic E-state index is 0.0347. The van der Waals surface area contributed by atoms with Crippen molar-refractivity contribution in [2.75, 3.05) is 13.6 Å². The molecule has 18 heteroatoms. The van der Waals surface area contributed by atoms with Gasteiger partial charge in [-0.05, 0) is 51.1 Å². The third-order valence-electron chi connectivity index (χ3n) is 8.95. The molecule has 2 bridgehead atoms. The molecule has 5 rings (SSSR count). The van der Waals surface area contributed by atoms with Crippen molar-refractivity contribution in [2.45, 2.75) is 81.1 Å². The monoisotopic (exact) mass is 687 g/mol. The van der Waals surface area contributed by atoms with E-state index in [0.29, 0.717) is 24.9 Å². The lowest BCUT2D eigenvalue weighted by Gasteiger charge is -2.61. The molecular weight excluding hydrogens is 655 g/mol. The van der Waals surface area contributed by atoms with Crippen molar-refractivity contribution in [3.05, 3.63) is 35.1 Å². The highest BCUT2D eigenvalue weighted by atomic mass is 19.4. The number of carboxylic acid groups (broad SMARTS) is 2. The van der Waals surface area contributed by atoms with Gasteiger partial charge in [-0.3, -0.25) is 19.2 Å². The summed E-state index contributed by atoms with van der Waals surface area (Å²) in [5.74, 6) is -8.19. The third kappa shape index (κ3) is 6.41. The molecule has 1 aromatic carbocycles. The van der Waals surface area contributed by atoms with E-state index in [9.17, 15) is 52.5 Å². The fraction of sp³-hybridized carbons (Fsp3) is 0.533. The first-order chi connectivity index (χ1) is 22.3. The van der Waals surface area contributed by atoms with Gasteiger partial charge in [0.15, 0.2) is 17.6 Å². The van der Waals surface area contributed by atoms with Crippen molar-refractivity contribution in [3.63, 3.8) is 0 Å². The van der Waals surface area contributed by atoms with E-state index < -0.39 is 84.0 Å². The van der Waals surface area contributed by atoms with Gasteiger partial charge in [0.25, 0.3) is 0 Å². The van der Waals surface area contributed by atoms with Crippen LogP contribution in [0.2, 0.25) is 0 Å². The van der Waals surface area contributed by atoms with Gasteiger partial charge >= 0.3 is 36.0 Å². The number of ether oxygens (including phenoxy) is 4. The van der Waals surface area contributed by atoms with Gasteiger partial charge in [0.05, 0.1) is 17.4 Å². The lowest BCUT2D eigenvalue weighted by Crippen LogP contribution is -2.74. The van der Waals surface area contributed by atoms with Crippen molar-refractivity contribution in [2.24, 2.45) is 5.92 Å². The second kappa shape index (κ2) is 13.1. The number of aliphatic hydroxyl groups is 1. The molecule has 0 amide bonds. The zero-order chi connectivity index (χ0) is 35.9. The summed E-state index contributed by atoms with van der Waals surface area (Å²) in [7, 11) is 1.92. The van der Waals surface area contributed by atoms with Gasteiger partial charge in [0.2, 0.25) is 18.5 Å². The Bertz CT molecular complexity index is 1560. The summed E-state index contributed by atoms with van der Waals surface area (Å²) in [6.45, 7) is 2.75. The number of piperidine rings is 1. The molecule has 4 aliphatic rings. The number of halogens is 3. The fourth-order valence-electron chi connectivity index (χ4n) is 6.85. The first-order valence-corrected chi connectivity index (χ1v) is 14.5. The first kappa shape index (κ1) is 36.1. The Morgan fingerprint density at radius 1 is 1.15 bits per heavy atom. The van der Waals surface area contributed by atoms with Crippen LogP contribution in [0.1, 0.15) is 44.2 Å². The van der Waals surface area contributed by atoms with E-state index in [1.165, 1.54) is 19.1 Å². The highest BCUT2D eigenvalue weighted by Crippen LogP contribution is 2.65. The van der Waals surface area contributed by atoms with Gasteiger partial charge < -0.3 is 44.3 Å². The van der Waals surface area contributed by atoms with E-state index in [-0.39, 0.29) is 29.7 Å². The maximum absolute atomic E-state index is 13.4. The van der Waals surface area contributed by atoms with Crippen LogP contribution in [0, 0.1) is 5.92 Å². The van der Waals surface area contributed by atoms with Crippen LogP contribution >= 0.6 is 0 Å². The summed E-state index contributed by atoms with van der Waals surface area (Å²) in [5, 5.41) is 41.0. The van der Waals surface area contributed by atoms with Crippen LogP contribution < -0.4 is 4.74 Å². The number of hydrogen-bond acceptors (Lipinski definition) is 13. The van der Waals surface area contributed by atoms with Crippen LogP contribution in [0.25, 0.3) is 0 Å². The molecule has 15 nitrogen and oxygen atoms in total. The quantitative estimate of drug-likeness (QED) is 0.161. The molecule has 2 aliphatic carbocycles. The number of likely N-dealkylation sites (tertiary alicyclic amines) is 1. The number of phenols is 1. The number of aromatic hydroxyl groups is 1. The normalized spacial score (nSPS) is 26.9. The number of benzene rings is 1. The molecule has 0 radical (unpaired) electrons. The van der Waals surface area contributed by atoms with E-state index in [1.807, 2.05) is 7.05 Å². The lowest BCUT2D eigenvalue weighted by molar-refractivity contribution is -0.185. The number of phenolic OH excluding ortho intramolecular Hbond substituents is 1. The number of aliphatic carboxylic acids is 2. The largest absolute Gasteiger partial charge is 0.504 e. The molecule has 0 saturated carbocycles. The minimum Gasteiger partial charge on any atom is -0.504 e. The molecule has 1 spiro atoms. The van der Waals surface area contributed by atoms with Crippen LogP contribution in [0.4, 0.5) is 13.2 Å². The van der Waals surface area contributed by atoms with E-state index in [2.05, 4.69) is 4.90 Å². The predicted molar refractivity (Wildman–Crippen MR) is 149 cm³/mol. The number of alkyl halides is 3. The summed E-state index contributed by atoms with van der Waals surface area (Å²) >= 11 is 0. The number of carbonyl (C=O) groups excluding carboxylic acids is 4. The highest BCUT2D eigenvalue weighted by molar-refractivity contribution is 5.88. The number of esters is 3. The summed E-state index contributed by atoms with van der Waals surface area (Å²) in [5.41, 5.74) is -0.773. The predicted octanol–water partition coefficient (Wildman–Crippen LogP) is 1.000. The number of nitrogens with zero attached hydrogens (tertiary/aromatic N) is 1. The summed E-state index contributed by atoms with van der Waals surface area (Å²) in [6, 6.07) is 3.04. The van der Waals surface area contributed by atoms with Crippen molar-refractivity contribution < 1.29 is 81.3 Å². The second-order valence-electron chi connectivity index (χ2n) is 11.9. The third-order valence-corrected chi connectivity index (χ3v) is 8.95. The molecule has 48 heavy (non-hydrogen) atoms. The number of hydrogen-bond donors (Lipinski definition) is 4. The highest BCUT2D eigenvalue weighted by Gasteiger charge is 2.72. The summed E-state index contributed by atoms with van der Waals surface area (Å²) in [4.78, 5) is 71.1. The minimum atomic E-state index is -4.64. The number of aldehydes is 1. The van der Waals surface area contributed by atoms with E-state index in [4.69, 9.17) is 28.8 Å². The molecule has 4 N–H and O–H groups in total. The molecule has 2 heterocycles. The Balaban J connectivity index is 0.000000794. The lowest BCUT2D eigenvalue weighted by atomic mass is 9.50. The van der Waals surface area contributed by atoms with Gasteiger partial charge in [0, 0.05) is 24.9 Å². The van der Waals surface area contributed by atoms with Crippen LogP contribution in [0.3, 0.4) is 0 Å². The number of carbonyl (C=O) groups is 6. The Morgan fingerprint density at radius 2 is 1.79 bits per heavy atom. The Hall–Kier alpha value is -4.71. The van der Waals surface area contributed by atoms with Crippen molar-refractivity contribution >= 4 is 36.1 Å². The standard InChI is InChI=1S/C28H31NO13.C2HF3O/c1-12(21(39-13(2)30)26(37)41-17(24(34)35)11-19(32)33)25(36)40-16-6-7-28(38)18-10-14-4-5-15(31)22-20(14)27(28,23(16)42-22)8-9-29(18)3;3-2(4,5)1-6/h4-6,12,17-18,21,23,31,38H,7-11H2,1-3H3,(H,32,33)(H,34,35);1H/t12-,17+,18-,21-,23+,27+,28-;/m1./s1. The Kier molecular flexibility index (Phi) is 9.83. The molecule has 0 aromatic heterocycles. The van der Waals surface area contributed by atoms with Crippen molar-refractivity contribution in [1.29, 1.82) is 0 Å². The molecule has 262 valence electrons. The Morgan fingerprint density at radius 3 is 2.35 bits per heavy atom. The number of rotatable bonds is 9. The number of likely N-dealkylation sites (N-methyl/N-ethyl adjacent to an activating group) is 1. The molecule has 2 aliphatic heterocycles. The summed E-state index contributed by atoms with van der Waals surface area (Å²) < 4.78 is 52.9. The first-order valence-electron chi connectivity index (χ1n) is 14.5. The molecular formula is C30H32F3NO14. The average molecular weight is 688 g/mol. The molecule has 1 aromatic rings. The Labute approximate surface area is 269 Å². The molecule has 1 saturated heterocycles. The van der Waals surface area contributed by atoms with Gasteiger partial charge in [-0.25, -0.2) is 9.59 Å². The average Bonchev–Trinajstić information content (AvgIpc) is 3.35. The van der Waals surface area contributed by atoms with Crippen molar-refractivity contribution in [3.8, 4) is 11.5 Å². The maximum atomic E-state index is 13.4. The van der Waals surface area contributed by atoms with E-state index in [0.717, 1.165) is 12.5 Å². The smallest absolute Gasteiger partial charge is 0.446 e. The van der Waals surface area contributed by atoms with Gasteiger partial charge in [-0.1, -0.05) is 6.07 Å². The van der Waals surface area contributed by atoms with E-state index >= 15 is 0 Å². The van der Waals surface area contributed by atoms with Crippen LogP contribution in [0.15, 0.2) is 24.0 Å². The zero-order valence-electron chi connectivity index (χ0n) is 25.7. The SMILES string of the molecule is CC(=O)O[C@@H](C(=O)O[C@@H](CC(=O)O)C(=O)O)[C@@H](C)C(=O)OC1=CC[C@@]2(O)[C@H]3Cc4ccc(O)c5c4[C@@]2(CCN3C)[C@H]1O5.O=CC(F)(F)F.